The van der Waals surface area contributed by atoms with E-state index >= 15 is 0 Å². The number of aromatic nitrogens is 1. The molecule has 0 aliphatic heterocycles. The van der Waals surface area contributed by atoms with Crippen LogP contribution >= 0.6 is 0 Å². The van der Waals surface area contributed by atoms with E-state index in [2.05, 4.69) is 39.8 Å². The highest BCUT2D eigenvalue weighted by molar-refractivity contribution is 5.83. The fourth-order valence-corrected chi connectivity index (χ4v) is 2.44. The van der Waals surface area contributed by atoms with Gasteiger partial charge in [0.2, 0.25) is 0 Å². The van der Waals surface area contributed by atoms with E-state index in [0.717, 1.165) is 27.8 Å². The minimum Gasteiger partial charge on any atom is -0.504 e. The molecule has 1 heterocycles. The molecule has 0 saturated carbocycles. The standard InChI is InChI=1S/C19H19N3O2/c1-12-4-6-15-9-13(2)19(21-16(15)8-12)22-20-11-14-5-7-17(23)18(10-14)24-3/h4-11,23H,1-3H3,(H,21,22)/b20-11-. The van der Waals surface area contributed by atoms with Crippen molar-refractivity contribution in [3.8, 4) is 11.5 Å². The van der Waals surface area contributed by atoms with Gasteiger partial charge in [-0.05, 0) is 60.9 Å². The highest BCUT2D eigenvalue weighted by Crippen LogP contribution is 2.25. The third-order valence-corrected chi connectivity index (χ3v) is 3.75. The first-order valence-electron chi connectivity index (χ1n) is 7.61. The van der Waals surface area contributed by atoms with Crippen molar-refractivity contribution in [1.29, 1.82) is 0 Å². The normalized spacial score (nSPS) is 11.1. The lowest BCUT2D eigenvalue weighted by molar-refractivity contribution is 0.373. The zero-order valence-corrected chi connectivity index (χ0v) is 13.9. The number of nitrogens with zero attached hydrogens (tertiary/aromatic N) is 2. The van der Waals surface area contributed by atoms with E-state index in [-0.39, 0.29) is 5.75 Å². The van der Waals surface area contributed by atoms with E-state index in [0.29, 0.717) is 5.75 Å². The molecule has 0 amide bonds. The lowest BCUT2D eigenvalue weighted by Gasteiger charge is -2.07. The number of benzene rings is 2. The molecular weight excluding hydrogens is 302 g/mol. The van der Waals surface area contributed by atoms with Gasteiger partial charge in [0.05, 0.1) is 18.8 Å². The molecule has 2 aromatic carbocycles. The van der Waals surface area contributed by atoms with Crippen LogP contribution in [0.1, 0.15) is 16.7 Å². The topological polar surface area (TPSA) is 66.7 Å². The van der Waals surface area contributed by atoms with Crippen LogP contribution < -0.4 is 10.2 Å². The Bertz CT molecular complexity index is 920. The summed E-state index contributed by atoms with van der Waals surface area (Å²) in [4.78, 5) is 4.63. The Labute approximate surface area is 140 Å². The molecule has 0 unspecified atom stereocenters. The summed E-state index contributed by atoms with van der Waals surface area (Å²) in [6, 6.07) is 13.3. The van der Waals surface area contributed by atoms with Crippen LogP contribution in [0.25, 0.3) is 10.9 Å². The number of aromatic hydroxyl groups is 1. The Kier molecular flexibility index (Phi) is 4.33. The van der Waals surface area contributed by atoms with Crippen molar-refractivity contribution in [1.82, 2.24) is 4.98 Å². The summed E-state index contributed by atoms with van der Waals surface area (Å²) >= 11 is 0. The highest BCUT2D eigenvalue weighted by Gasteiger charge is 2.04. The minimum absolute atomic E-state index is 0.102. The van der Waals surface area contributed by atoms with Gasteiger partial charge in [-0.2, -0.15) is 5.10 Å². The maximum atomic E-state index is 9.60. The number of pyridine rings is 1. The minimum atomic E-state index is 0.102. The lowest BCUT2D eigenvalue weighted by atomic mass is 10.1. The summed E-state index contributed by atoms with van der Waals surface area (Å²) in [6.07, 6.45) is 1.66. The predicted molar refractivity (Wildman–Crippen MR) is 97.1 cm³/mol. The number of phenolic OH excluding ortho intramolecular Hbond substituents is 1. The number of fused-ring (bicyclic) bond motifs is 1. The van der Waals surface area contributed by atoms with Crippen LogP contribution in [-0.4, -0.2) is 23.4 Å². The van der Waals surface area contributed by atoms with Crippen LogP contribution in [0.4, 0.5) is 5.82 Å². The van der Waals surface area contributed by atoms with E-state index in [4.69, 9.17) is 4.74 Å². The second-order valence-corrected chi connectivity index (χ2v) is 5.65. The van der Waals surface area contributed by atoms with Crippen molar-refractivity contribution in [2.45, 2.75) is 13.8 Å². The number of hydrazone groups is 1. The summed E-state index contributed by atoms with van der Waals surface area (Å²) in [5.74, 6) is 1.23. The monoisotopic (exact) mass is 321 g/mol. The number of hydrogen-bond donors (Lipinski definition) is 2. The van der Waals surface area contributed by atoms with Crippen molar-refractivity contribution in [2.24, 2.45) is 5.10 Å². The molecule has 5 heteroatoms. The van der Waals surface area contributed by atoms with E-state index in [1.165, 1.54) is 12.7 Å². The number of nitrogens with one attached hydrogen (secondary N) is 1. The van der Waals surface area contributed by atoms with Crippen molar-refractivity contribution in [3.05, 3.63) is 59.2 Å². The second kappa shape index (κ2) is 6.58. The molecule has 122 valence electrons. The summed E-state index contributed by atoms with van der Waals surface area (Å²) in [6.45, 7) is 4.04. The molecule has 3 rings (SSSR count). The quantitative estimate of drug-likeness (QED) is 0.563. The van der Waals surface area contributed by atoms with Crippen LogP contribution in [0.3, 0.4) is 0 Å². The maximum absolute atomic E-state index is 9.60. The van der Waals surface area contributed by atoms with Gasteiger partial charge in [0.1, 0.15) is 5.82 Å². The van der Waals surface area contributed by atoms with Gasteiger partial charge in [-0.3, -0.25) is 5.43 Å². The average molecular weight is 321 g/mol. The van der Waals surface area contributed by atoms with E-state index < -0.39 is 0 Å². The number of hydrogen-bond acceptors (Lipinski definition) is 5. The fourth-order valence-electron chi connectivity index (χ4n) is 2.44. The molecule has 2 N–H and O–H groups in total. The number of ether oxygens (including phenoxy) is 1. The van der Waals surface area contributed by atoms with Gasteiger partial charge in [0, 0.05) is 5.39 Å². The Hall–Kier alpha value is -3.08. The molecule has 0 atom stereocenters. The van der Waals surface area contributed by atoms with Crippen LogP contribution in [0, 0.1) is 13.8 Å². The zero-order valence-electron chi connectivity index (χ0n) is 13.9. The van der Waals surface area contributed by atoms with E-state index in [1.54, 1.807) is 24.4 Å². The van der Waals surface area contributed by atoms with E-state index in [1.807, 2.05) is 13.8 Å². The van der Waals surface area contributed by atoms with Gasteiger partial charge < -0.3 is 9.84 Å². The maximum Gasteiger partial charge on any atom is 0.161 e. The molecule has 0 aliphatic carbocycles. The van der Waals surface area contributed by atoms with Crippen LogP contribution in [0.2, 0.25) is 0 Å². The van der Waals surface area contributed by atoms with Crippen molar-refractivity contribution in [2.75, 3.05) is 12.5 Å². The number of anilines is 1. The first-order chi connectivity index (χ1) is 11.6. The van der Waals surface area contributed by atoms with Crippen LogP contribution in [-0.2, 0) is 0 Å². The highest BCUT2D eigenvalue weighted by atomic mass is 16.5. The Morgan fingerprint density at radius 2 is 1.96 bits per heavy atom. The molecule has 0 spiro atoms. The Morgan fingerprint density at radius 3 is 2.75 bits per heavy atom. The Balaban J connectivity index is 1.83. The number of methoxy groups -OCH3 is 1. The molecule has 5 nitrogen and oxygen atoms in total. The summed E-state index contributed by atoms with van der Waals surface area (Å²) in [5, 5.41) is 14.9. The molecule has 24 heavy (non-hydrogen) atoms. The van der Waals surface area contributed by atoms with Gasteiger partial charge in [-0.1, -0.05) is 12.1 Å². The van der Waals surface area contributed by atoms with Crippen LogP contribution in [0.5, 0.6) is 11.5 Å². The molecule has 0 saturated heterocycles. The molecular formula is C19H19N3O2. The zero-order chi connectivity index (χ0) is 17.1. The molecule has 0 radical (unpaired) electrons. The van der Waals surface area contributed by atoms with Gasteiger partial charge >= 0.3 is 0 Å². The smallest absolute Gasteiger partial charge is 0.161 e. The van der Waals surface area contributed by atoms with Crippen molar-refractivity contribution < 1.29 is 9.84 Å². The predicted octanol–water partition coefficient (Wildman–Crippen LogP) is 4.01. The molecule has 3 aromatic rings. The molecule has 0 aliphatic rings. The van der Waals surface area contributed by atoms with Gasteiger partial charge in [-0.25, -0.2) is 4.98 Å². The largest absolute Gasteiger partial charge is 0.504 e. The lowest BCUT2D eigenvalue weighted by Crippen LogP contribution is -1.97. The summed E-state index contributed by atoms with van der Waals surface area (Å²) in [7, 11) is 1.51. The molecule has 0 fully saturated rings. The first-order valence-corrected chi connectivity index (χ1v) is 7.61. The van der Waals surface area contributed by atoms with Gasteiger partial charge in [0.15, 0.2) is 11.5 Å². The van der Waals surface area contributed by atoms with Gasteiger partial charge in [0.25, 0.3) is 0 Å². The number of rotatable bonds is 4. The third kappa shape index (κ3) is 3.30. The summed E-state index contributed by atoms with van der Waals surface area (Å²) in [5.41, 5.74) is 6.92. The van der Waals surface area contributed by atoms with Crippen molar-refractivity contribution >= 4 is 22.9 Å². The molecule has 1 aromatic heterocycles. The first kappa shape index (κ1) is 15.8. The Morgan fingerprint density at radius 1 is 1.12 bits per heavy atom. The van der Waals surface area contributed by atoms with E-state index in [9.17, 15) is 5.11 Å². The number of aryl methyl sites for hydroxylation is 2. The summed E-state index contributed by atoms with van der Waals surface area (Å²) < 4.78 is 5.08. The molecule has 0 bridgehead atoms. The van der Waals surface area contributed by atoms with Gasteiger partial charge in [-0.15, -0.1) is 0 Å². The second-order valence-electron chi connectivity index (χ2n) is 5.65. The number of phenols is 1. The SMILES string of the molecule is COc1cc(/C=N\Nc2nc3cc(C)ccc3cc2C)ccc1O. The fraction of sp³-hybridized carbons (Fsp3) is 0.158. The van der Waals surface area contributed by atoms with Crippen LogP contribution in [0.15, 0.2) is 47.6 Å². The third-order valence-electron chi connectivity index (χ3n) is 3.75. The van der Waals surface area contributed by atoms with Crippen molar-refractivity contribution in [3.63, 3.8) is 0 Å². The average Bonchev–Trinajstić information content (AvgIpc) is 2.57.